The van der Waals surface area contributed by atoms with Gasteiger partial charge in [0.2, 0.25) is 12.3 Å². The van der Waals surface area contributed by atoms with Gasteiger partial charge >= 0.3 is 6.09 Å². The van der Waals surface area contributed by atoms with Gasteiger partial charge < -0.3 is 9.64 Å². The van der Waals surface area contributed by atoms with Crippen LogP contribution in [0.3, 0.4) is 0 Å². The van der Waals surface area contributed by atoms with E-state index in [1.807, 2.05) is 32.9 Å². The number of likely N-dealkylation sites (tertiary alicyclic amines) is 1. The minimum atomic E-state index is -2.75. The highest BCUT2D eigenvalue weighted by atomic mass is 19.3. The standard InChI is InChI=1S/C23H33F2N3O3/c1-22(2,3)31-21(30)28-12-5-6-18-8-9-19(26-20(18)28)7-4-11-23(24,25)14-17-10-13-27(15-17)16-29/h8-9,16-17H,4-7,10-15H2,1-3H3. The number of halogens is 2. The van der Waals surface area contributed by atoms with Crippen LogP contribution >= 0.6 is 0 Å². The molecule has 0 N–H and O–H groups in total. The number of anilines is 1. The third-order valence-electron chi connectivity index (χ3n) is 5.74. The van der Waals surface area contributed by atoms with Crippen molar-refractivity contribution in [2.24, 2.45) is 5.92 Å². The first-order valence-electron chi connectivity index (χ1n) is 11.1. The number of carbonyl (C=O) groups is 2. The van der Waals surface area contributed by atoms with E-state index in [2.05, 4.69) is 4.98 Å². The fourth-order valence-electron chi connectivity index (χ4n) is 4.29. The van der Waals surface area contributed by atoms with Gasteiger partial charge in [0.15, 0.2) is 0 Å². The summed E-state index contributed by atoms with van der Waals surface area (Å²) in [4.78, 5) is 31.1. The Bertz CT molecular complexity index is 795. The van der Waals surface area contributed by atoms with Gasteiger partial charge in [-0.3, -0.25) is 9.69 Å². The molecule has 1 fully saturated rings. The number of amides is 2. The molecule has 1 atom stereocenters. The molecule has 0 aliphatic carbocycles. The first-order valence-corrected chi connectivity index (χ1v) is 11.1. The zero-order valence-corrected chi connectivity index (χ0v) is 18.7. The molecule has 1 aromatic heterocycles. The van der Waals surface area contributed by atoms with Crippen LogP contribution in [-0.4, -0.2) is 53.5 Å². The van der Waals surface area contributed by atoms with Gasteiger partial charge in [-0.25, -0.2) is 18.6 Å². The lowest BCUT2D eigenvalue weighted by Crippen LogP contribution is -2.40. The third-order valence-corrected chi connectivity index (χ3v) is 5.74. The van der Waals surface area contributed by atoms with E-state index < -0.39 is 17.6 Å². The van der Waals surface area contributed by atoms with Crippen molar-refractivity contribution in [3.8, 4) is 0 Å². The van der Waals surface area contributed by atoms with Crippen LogP contribution in [0.4, 0.5) is 19.4 Å². The maximum absolute atomic E-state index is 14.4. The molecule has 1 unspecified atom stereocenters. The van der Waals surface area contributed by atoms with Gasteiger partial charge in [0.1, 0.15) is 11.4 Å². The number of nitrogens with zero attached hydrogens (tertiary/aromatic N) is 3. The van der Waals surface area contributed by atoms with Crippen LogP contribution in [0.15, 0.2) is 12.1 Å². The van der Waals surface area contributed by atoms with Crippen LogP contribution in [0, 0.1) is 5.92 Å². The summed E-state index contributed by atoms with van der Waals surface area (Å²) in [5.74, 6) is -2.30. The van der Waals surface area contributed by atoms with E-state index in [0.29, 0.717) is 50.4 Å². The molecule has 2 amide bonds. The van der Waals surface area contributed by atoms with Crippen molar-refractivity contribution in [3.05, 3.63) is 23.4 Å². The Morgan fingerprint density at radius 1 is 1.29 bits per heavy atom. The van der Waals surface area contributed by atoms with Gasteiger partial charge in [0.25, 0.3) is 0 Å². The fourth-order valence-corrected chi connectivity index (χ4v) is 4.29. The third kappa shape index (κ3) is 6.61. The number of carbonyl (C=O) groups excluding carboxylic acids is 2. The van der Waals surface area contributed by atoms with E-state index in [0.717, 1.165) is 24.8 Å². The Balaban J connectivity index is 1.57. The number of hydrogen-bond acceptors (Lipinski definition) is 4. The average molecular weight is 438 g/mol. The quantitative estimate of drug-likeness (QED) is 0.585. The largest absolute Gasteiger partial charge is 0.443 e. The summed E-state index contributed by atoms with van der Waals surface area (Å²) in [5, 5.41) is 0. The maximum Gasteiger partial charge on any atom is 0.416 e. The van der Waals surface area contributed by atoms with Crippen molar-refractivity contribution in [2.45, 2.75) is 77.2 Å². The Morgan fingerprint density at radius 3 is 2.74 bits per heavy atom. The molecule has 2 aliphatic rings. The van der Waals surface area contributed by atoms with E-state index >= 15 is 0 Å². The van der Waals surface area contributed by atoms with Crippen molar-refractivity contribution in [3.63, 3.8) is 0 Å². The smallest absolute Gasteiger partial charge is 0.416 e. The predicted molar refractivity (Wildman–Crippen MR) is 114 cm³/mol. The number of aromatic nitrogens is 1. The highest BCUT2D eigenvalue weighted by molar-refractivity contribution is 5.88. The second-order valence-corrected chi connectivity index (χ2v) is 9.69. The van der Waals surface area contributed by atoms with Crippen LogP contribution in [0.25, 0.3) is 0 Å². The first kappa shape index (κ1) is 23.4. The minimum Gasteiger partial charge on any atom is -0.443 e. The van der Waals surface area contributed by atoms with Crippen molar-refractivity contribution >= 4 is 18.3 Å². The molecule has 2 aliphatic heterocycles. The number of aryl methyl sites for hydroxylation is 2. The van der Waals surface area contributed by atoms with Gasteiger partial charge in [-0.15, -0.1) is 0 Å². The van der Waals surface area contributed by atoms with Crippen LogP contribution in [0.2, 0.25) is 0 Å². The second-order valence-electron chi connectivity index (χ2n) is 9.69. The Labute approximate surface area is 182 Å². The zero-order chi connectivity index (χ0) is 22.6. The number of hydrogen-bond donors (Lipinski definition) is 0. The van der Waals surface area contributed by atoms with Gasteiger partial charge in [-0.2, -0.15) is 0 Å². The van der Waals surface area contributed by atoms with Crippen LogP contribution in [-0.2, 0) is 22.4 Å². The van der Waals surface area contributed by atoms with E-state index in [4.69, 9.17) is 4.74 Å². The molecule has 3 heterocycles. The lowest BCUT2D eigenvalue weighted by molar-refractivity contribution is -0.117. The fraction of sp³-hybridized carbons (Fsp3) is 0.696. The lowest BCUT2D eigenvalue weighted by atomic mass is 9.96. The summed E-state index contributed by atoms with van der Waals surface area (Å²) in [5.41, 5.74) is 1.09. The number of pyridine rings is 1. The maximum atomic E-state index is 14.4. The molecule has 0 bridgehead atoms. The summed E-state index contributed by atoms with van der Waals surface area (Å²) in [7, 11) is 0. The summed E-state index contributed by atoms with van der Waals surface area (Å²) < 4.78 is 34.3. The first-order chi connectivity index (χ1) is 14.6. The number of alkyl halides is 2. The van der Waals surface area contributed by atoms with Gasteiger partial charge in [-0.05, 0) is 70.4 Å². The number of ether oxygens (including phenoxy) is 1. The molecule has 8 heteroatoms. The minimum absolute atomic E-state index is 0.135. The van der Waals surface area contributed by atoms with Crippen LogP contribution in [0.1, 0.15) is 64.1 Å². The summed E-state index contributed by atoms with van der Waals surface area (Å²) in [6.07, 6.45) is 2.97. The molecule has 0 spiro atoms. The second kappa shape index (κ2) is 9.49. The molecular weight excluding hydrogens is 404 g/mol. The number of rotatable bonds is 7. The normalized spacial score (nSPS) is 19.3. The Kier molecular flexibility index (Phi) is 7.17. The van der Waals surface area contributed by atoms with Crippen molar-refractivity contribution < 1.29 is 23.1 Å². The highest BCUT2D eigenvalue weighted by Crippen LogP contribution is 2.33. The van der Waals surface area contributed by atoms with Crippen molar-refractivity contribution in [1.29, 1.82) is 0 Å². The van der Waals surface area contributed by atoms with E-state index in [1.165, 1.54) is 0 Å². The molecule has 31 heavy (non-hydrogen) atoms. The highest BCUT2D eigenvalue weighted by Gasteiger charge is 2.35. The molecule has 172 valence electrons. The molecule has 3 rings (SSSR count). The summed E-state index contributed by atoms with van der Waals surface area (Å²) in [6, 6.07) is 3.81. The molecule has 1 saturated heterocycles. The van der Waals surface area contributed by atoms with E-state index in [-0.39, 0.29) is 18.8 Å². The lowest BCUT2D eigenvalue weighted by Gasteiger charge is -2.31. The van der Waals surface area contributed by atoms with Crippen molar-refractivity contribution in [2.75, 3.05) is 24.5 Å². The topological polar surface area (TPSA) is 62.7 Å². The summed E-state index contributed by atoms with van der Waals surface area (Å²) in [6.45, 7) is 6.99. The molecular formula is C23H33F2N3O3. The molecule has 0 radical (unpaired) electrons. The van der Waals surface area contributed by atoms with Gasteiger partial charge in [0.05, 0.1) is 0 Å². The van der Waals surface area contributed by atoms with E-state index in [9.17, 15) is 18.4 Å². The van der Waals surface area contributed by atoms with E-state index in [1.54, 1.807) is 9.80 Å². The average Bonchev–Trinajstić information content (AvgIpc) is 3.12. The molecule has 0 saturated carbocycles. The molecule has 1 aromatic rings. The predicted octanol–water partition coefficient (Wildman–Crippen LogP) is 4.60. The zero-order valence-electron chi connectivity index (χ0n) is 18.7. The Morgan fingerprint density at radius 2 is 2.06 bits per heavy atom. The molecule has 6 nitrogen and oxygen atoms in total. The SMILES string of the molecule is CC(C)(C)OC(=O)N1CCCc2ccc(CCCC(F)(F)CC3CCN(C=O)C3)nc21. The van der Waals surface area contributed by atoms with Crippen LogP contribution in [0.5, 0.6) is 0 Å². The summed E-state index contributed by atoms with van der Waals surface area (Å²) >= 11 is 0. The number of fused-ring (bicyclic) bond motifs is 1. The Hall–Kier alpha value is -2.25. The van der Waals surface area contributed by atoms with Crippen molar-refractivity contribution in [1.82, 2.24) is 9.88 Å². The van der Waals surface area contributed by atoms with Gasteiger partial charge in [-0.1, -0.05) is 6.07 Å². The van der Waals surface area contributed by atoms with Crippen LogP contribution < -0.4 is 4.90 Å². The molecule has 0 aromatic carbocycles. The monoisotopic (exact) mass is 437 g/mol. The van der Waals surface area contributed by atoms with Gasteiger partial charge in [0, 0.05) is 38.2 Å².